The van der Waals surface area contributed by atoms with Crippen molar-refractivity contribution in [2.75, 3.05) is 19.8 Å². The zero-order chi connectivity index (χ0) is 51.3. The Morgan fingerprint density at radius 3 is 1.17 bits per heavy atom. The van der Waals surface area contributed by atoms with Gasteiger partial charge < -0.3 is 25.2 Å². The second-order valence-corrected chi connectivity index (χ2v) is 18.4. The highest BCUT2D eigenvalue weighted by atomic mass is 31.2. The number of amides is 1. The van der Waals surface area contributed by atoms with E-state index >= 15 is 0 Å². The van der Waals surface area contributed by atoms with E-state index in [0.29, 0.717) is 12.8 Å². The number of unbranched alkanes of at least 4 members (excludes halogenated alkanes) is 11. The summed E-state index contributed by atoms with van der Waals surface area (Å²) < 4.78 is 27.0. The lowest BCUT2D eigenvalue weighted by Crippen LogP contribution is -2.43. The minimum atomic E-state index is -4.79. The van der Waals surface area contributed by atoms with Crippen LogP contribution in [0.1, 0.15) is 181 Å². The largest absolute Gasteiger partial charge is 0.480 e. The van der Waals surface area contributed by atoms with E-state index in [2.05, 4.69) is 153 Å². The van der Waals surface area contributed by atoms with Crippen LogP contribution in [0.3, 0.4) is 0 Å². The molecule has 70 heavy (non-hydrogen) atoms. The van der Waals surface area contributed by atoms with Crippen molar-refractivity contribution in [3.05, 3.63) is 134 Å². The van der Waals surface area contributed by atoms with Crippen LogP contribution >= 0.6 is 7.82 Å². The summed E-state index contributed by atoms with van der Waals surface area (Å²) in [5.74, 6) is -2.43. The highest BCUT2D eigenvalue weighted by Gasteiger charge is 2.28. The van der Waals surface area contributed by atoms with E-state index in [0.717, 1.165) is 141 Å². The fourth-order valence-electron chi connectivity index (χ4n) is 6.46. The van der Waals surface area contributed by atoms with Gasteiger partial charge in [0.05, 0.1) is 13.2 Å². The van der Waals surface area contributed by atoms with Crippen molar-refractivity contribution < 1.29 is 47.8 Å². The number of carbonyl (C=O) groups excluding carboxylic acids is 2. The van der Waals surface area contributed by atoms with Gasteiger partial charge in [0.15, 0.2) is 6.04 Å². The lowest BCUT2D eigenvalue weighted by atomic mass is 10.1. The number of hydrogen-bond acceptors (Lipinski definition) is 8. The second-order valence-electron chi connectivity index (χ2n) is 16.9. The Bertz CT molecular complexity index is 1690. The molecule has 0 fully saturated rings. The third kappa shape index (κ3) is 50.0. The molecule has 1 amide bonds. The number of carboxylic acids is 1. The summed E-state index contributed by atoms with van der Waals surface area (Å²) in [6.07, 6.45) is 70.3. The zero-order valence-electron chi connectivity index (χ0n) is 43.0. The lowest BCUT2D eigenvalue weighted by Gasteiger charge is -2.18. The predicted molar refractivity (Wildman–Crippen MR) is 290 cm³/mol. The molecule has 394 valence electrons. The van der Waals surface area contributed by atoms with Crippen LogP contribution in [0.25, 0.3) is 0 Å². The maximum atomic E-state index is 12.4. The SMILES string of the molecule is CC/C=C\C/C=C\C/C=C\C/C=C\C/C=C\C/C=C\CCCCCCC(=O)OCC(O)COP(=O)(O)OCC(NC(=O)CCCCCCCCC/C=C\C/C=C\C/C=C\C/C=C\C/C=C\CC)C(=O)O. The van der Waals surface area contributed by atoms with Gasteiger partial charge in [-0.15, -0.1) is 0 Å². The minimum Gasteiger partial charge on any atom is -0.480 e. The number of allylic oxidation sites excluding steroid dienone is 22. The fourth-order valence-corrected chi connectivity index (χ4v) is 7.23. The van der Waals surface area contributed by atoms with Crippen molar-refractivity contribution in [2.45, 2.75) is 193 Å². The smallest absolute Gasteiger partial charge is 0.472 e. The van der Waals surface area contributed by atoms with Crippen molar-refractivity contribution in [3.63, 3.8) is 0 Å². The molecule has 0 aromatic carbocycles. The van der Waals surface area contributed by atoms with Gasteiger partial charge in [0.1, 0.15) is 12.7 Å². The third-order valence-electron chi connectivity index (χ3n) is 10.4. The number of hydrogen-bond donors (Lipinski definition) is 4. The van der Waals surface area contributed by atoms with Crippen molar-refractivity contribution in [1.29, 1.82) is 0 Å². The summed E-state index contributed by atoms with van der Waals surface area (Å²) in [5, 5.41) is 21.9. The van der Waals surface area contributed by atoms with E-state index in [1.165, 1.54) is 0 Å². The average Bonchev–Trinajstić information content (AvgIpc) is 3.34. The zero-order valence-corrected chi connectivity index (χ0v) is 43.9. The summed E-state index contributed by atoms with van der Waals surface area (Å²) in [5.41, 5.74) is 0. The molecule has 12 heteroatoms. The summed E-state index contributed by atoms with van der Waals surface area (Å²) in [6.45, 7) is 2.33. The summed E-state index contributed by atoms with van der Waals surface area (Å²) in [7, 11) is -4.79. The van der Waals surface area contributed by atoms with Crippen LogP contribution in [-0.2, 0) is 32.7 Å². The van der Waals surface area contributed by atoms with Crippen molar-refractivity contribution in [3.8, 4) is 0 Å². The van der Waals surface area contributed by atoms with Gasteiger partial charge in [-0.05, 0) is 109 Å². The van der Waals surface area contributed by atoms with E-state index in [9.17, 15) is 34.1 Å². The van der Waals surface area contributed by atoms with Crippen LogP contribution in [0.5, 0.6) is 0 Å². The number of carboxylic acid groups (broad SMARTS) is 1. The topological polar surface area (TPSA) is 169 Å². The molecule has 0 aliphatic carbocycles. The van der Waals surface area contributed by atoms with Crippen LogP contribution in [0.2, 0.25) is 0 Å². The van der Waals surface area contributed by atoms with E-state index < -0.39 is 57.6 Å². The Labute approximate surface area is 423 Å². The Balaban J connectivity index is 3.93. The number of esters is 1. The first-order valence-corrected chi connectivity index (χ1v) is 27.7. The Hall–Kier alpha value is -4.38. The van der Waals surface area contributed by atoms with Gasteiger partial charge in [-0.2, -0.15) is 0 Å². The molecule has 0 spiro atoms. The van der Waals surface area contributed by atoms with Crippen LogP contribution in [-0.4, -0.2) is 64.9 Å². The maximum absolute atomic E-state index is 12.4. The highest BCUT2D eigenvalue weighted by Crippen LogP contribution is 2.43. The highest BCUT2D eigenvalue weighted by molar-refractivity contribution is 7.47. The standard InChI is InChI=1S/C58H92NO10P/c1-3-5-7-9-11-13-15-17-19-21-23-25-27-29-31-33-35-37-39-41-43-45-47-49-56(61)59-55(58(63)64)53-69-70(65,66)68-52-54(60)51-67-57(62)50-48-46-44-42-40-38-36-34-32-30-28-26-24-22-20-18-16-14-12-10-8-6-4-2/h5-8,11-14,17-20,23-26,29-32,36,38,54-55,60H,3-4,9-10,15-16,21-22,27-28,33-35,37,39-53H2,1-2H3,(H,59,61)(H,63,64)(H,65,66)/b7-5-,8-6-,13-11-,14-12-,19-17-,20-18-,25-23-,26-24-,31-29-,32-30-,38-36-. The van der Waals surface area contributed by atoms with Crippen LogP contribution in [0, 0.1) is 0 Å². The average molecular weight is 994 g/mol. The molecule has 0 aliphatic rings. The summed E-state index contributed by atoms with van der Waals surface area (Å²) >= 11 is 0. The Morgan fingerprint density at radius 2 is 0.786 bits per heavy atom. The van der Waals surface area contributed by atoms with Crippen molar-refractivity contribution >= 4 is 25.7 Å². The number of phosphoric acid groups is 1. The van der Waals surface area contributed by atoms with E-state index in [1.807, 2.05) is 0 Å². The normalized spacial score (nSPS) is 14.6. The molecule has 0 radical (unpaired) electrons. The van der Waals surface area contributed by atoms with Crippen LogP contribution in [0.15, 0.2) is 134 Å². The van der Waals surface area contributed by atoms with Gasteiger partial charge in [0.2, 0.25) is 5.91 Å². The summed E-state index contributed by atoms with van der Waals surface area (Å²) in [6, 6.07) is -1.57. The maximum Gasteiger partial charge on any atom is 0.472 e. The number of phosphoric ester groups is 1. The van der Waals surface area contributed by atoms with Crippen molar-refractivity contribution in [1.82, 2.24) is 5.32 Å². The van der Waals surface area contributed by atoms with Crippen molar-refractivity contribution in [2.24, 2.45) is 0 Å². The number of aliphatic hydroxyl groups excluding tert-OH is 1. The molecule has 0 heterocycles. The number of nitrogens with one attached hydrogen (secondary N) is 1. The molecular weight excluding hydrogens is 902 g/mol. The number of rotatable bonds is 47. The first kappa shape index (κ1) is 65.6. The molecule has 3 unspecified atom stereocenters. The summed E-state index contributed by atoms with van der Waals surface area (Å²) in [4.78, 5) is 46.2. The Morgan fingerprint density at radius 1 is 0.457 bits per heavy atom. The predicted octanol–water partition coefficient (Wildman–Crippen LogP) is 14.9. The quantitative estimate of drug-likeness (QED) is 0.0199. The molecule has 0 aliphatic heterocycles. The molecule has 0 rings (SSSR count). The van der Waals surface area contributed by atoms with Gasteiger partial charge in [-0.25, -0.2) is 9.36 Å². The van der Waals surface area contributed by atoms with E-state index in [-0.39, 0.29) is 12.8 Å². The molecular formula is C58H92NO10P. The lowest BCUT2D eigenvalue weighted by molar-refractivity contribution is -0.147. The molecule has 0 aromatic heterocycles. The first-order valence-electron chi connectivity index (χ1n) is 26.2. The number of aliphatic carboxylic acids is 1. The Kier molecular flexibility index (Phi) is 47.8. The number of carbonyl (C=O) groups is 3. The van der Waals surface area contributed by atoms with Crippen LogP contribution < -0.4 is 5.32 Å². The first-order chi connectivity index (χ1) is 34.1. The van der Waals surface area contributed by atoms with E-state index in [1.54, 1.807) is 0 Å². The van der Waals surface area contributed by atoms with Gasteiger partial charge in [0, 0.05) is 12.8 Å². The van der Waals surface area contributed by atoms with Gasteiger partial charge >= 0.3 is 19.8 Å². The number of aliphatic hydroxyl groups is 1. The molecule has 0 saturated heterocycles. The monoisotopic (exact) mass is 994 g/mol. The van der Waals surface area contributed by atoms with Gasteiger partial charge in [-0.3, -0.25) is 18.6 Å². The molecule has 0 aromatic rings. The van der Waals surface area contributed by atoms with Crippen LogP contribution in [0.4, 0.5) is 0 Å². The molecule has 11 nitrogen and oxygen atoms in total. The second kappa shape index (κ2) is 51.0. The fraction of sp³-hybridized carbons (Fsp3) is 0.569. The molecule has 0 saturated carbocycles. The van der Waals surface area contributed by atoms with E-state index in [4.69, 9.17) is 13.8 Å². The third-order valence-corrected chi connectivity index (χ3v) is 11.4. The molecule has 0 bridgehead atoms. The minimum absolute atomic E-state index is 0.122. The van der Waals surface area contributed by atoms with Gasteiger partial charge in [-0.1, -0.05) is 192 Å². The number of ether oxygens (including phenoxy) is 1. The molecule has 3 atom stereocenters. The van der Waals surface area contributed by atoms with Gasteiger partial charge in [0.25, 0.3) is 0 Å². The molecule has 4 N–H and O–H groups in total.